The lowest BCUT2D eigenvalue weighted by atomic mass is 9.83. The molecule has 104 valence electrons. The second-order valence-electron chi connectivity index (χ2n) is 5.89. The van der Waals surface area contributed by atoms with Crippen LogP contribution in [-0.4, -0.2) is 22.8 Å². The van der Waals surface area contributed by atoms with E-state index in [2.05, 4.69) is 41.5 Å². The molecule has 0 rings (SSSR count). The SMILES string of the molecule is CCC[Si](OC)(OC)C(C)(C)C(CC)C(C)C. The second-order valence-corrected chi connectivity index (χ2v) is 10.0. The molecule has 0 bridgehead atoms. The van der Waals surface area contributed by atoms with Crippen molar-refractivity contribution in [2.45, 2.75) is 65.5 Å². The average molecular weight is 260 g/mol. The van der Waals surface area contributed by atoms with E-state index < -0.39 is 8.56 Å². The van der Waals surface area contributed by atoms with Gasteiger partial charge in [0.05, 0.1) is 0 Å². The molecule has 0 aromatic heterocycles. The van der Waals surface area contributed by atoms with Crippen LogP contribution in [0.25, 0.3) is 0 Å². The molecule has 0 amide bonds. The fraction of sp³-hybridized carbons (Fsp3) is 1.00. The third-order valence-electron chi connectivity index (χ3n) is 4.39. The van der Waals surface area contributed by atoms with Crippen LogP contribution in [0.15, 0.2) is 0 Å². The molecular formula is C14H32O2Si. The van der Waals surface area contributed by atoms with Gasteiger partial charge in [0.1, 0.15) is 0 Å². The van der Waals surface area contributed by atoms with Crippen LogP contribution in [0.3, 0.4) is 0 Å². The molecule has 17 heavy (non-hydrogen) atoms. The van der Waals surface area contributed by atoms with Crippen molar-refractivity contribution in [3.8, 4) is 0 Å². The summed E-state index contributed by atoms with van der Waals surface area (Å²) in [6.07, 6.45) is 2.32. The van der Waals surface area contributed by atoms with Gasteiger partial charge in [0.2, 0.25) is 0 Å². The zero-order valence-electron chi connectivity index (χ0n) is 13.1. The molecule has 0 aromatic rings. The Morgan fingerprint density at radius 3 is 1.76 bits per heavy atom. The van der Waals surface area contributed by atoms with E-state index in [0.29, 0.717) is 11.8 Å². The minimum absolute atomic E-state index is 0.148. The zero-order valence-corrected chi connectivity index (χ0v) is 14.1. The Morgan fingerprint density at radius 1 is 1.06 bits per heavy atom. The second kappa shape index (κ2) is 6.91. The molecule has 0 aliphatic carbocycles. The molecular weight excluding hydrogens is 228 g/mol. The fourth-order valence-electron chi connectivity index (χ4n) is 3.56. The Balaban J connectivity index is 5.31. The predicted molar refractivity (Wildman–Crippen MR) is 77.5 cm³/mol. The van der Waals surface area contributed by atoms with Crippen LogP contribution >= 0.6 is 0 Å². The molecule has 0 aliphatic rings. The van der Waals surface area contributed by atoms with Crippen molar-refractivity contribution in [3.05, 3.63) is 0 Å². The van der Waals surface area contributed by atoms with Crippen LogP contribution in [0.2, 0.25) is 11.1 Å². The monoisotopic (exact) mass is 260 g/mol. The van der Waals surface area contributed by atoms with Gasteiger partial charge in [-0.1, -0.05) is 54.4 Å². The van der Waals surface area contributed by atoms with Crippen molar-refractivity contribution in [2.75, 3.05) is 14.2 Å². The maximum atomic E-state index is 5.94. The molecule has 0 spiro atoms. The highest BCUT2D eigenvalue weighted by Gasteiger charge is 2.54. The lowest BCUT2D eigenvalue weighted by Crippen LogP contribution is -2.53. The Bertz CT molecular complexity index is 210. The summed E-state index contributed by atoms with van der Waals surface area (Å²) in [7, 11) is 1.55. The molecule has 0 saturated carbocycles. The topological polar surface area (TPSA) is 18.5 Å². The minimum atomic E-state index is -2.12. The maximum absolute atomic E-state index is 5.94. The molecule has 0 heterocycles. The highest BCUT2D eigenvalue weighted by Crippen LogP contribution is 2.51. The zero-order chi connectivity index (χ0) is 13.7. The van der Waals surface area contributed by atoms with Crippen molar-refractivity contribution in [2.24, 2.45) is 11.8 Å². The van der Waals surface area contributed by atoms with Gasteiger partial charge in [0.25, 0.3) is 0 Å². The van der Waals surface area contributed by atoms with Gasteiger partial charge < -0.3 is 8.85 Å². The van der Waals surface area contributed by atoms with Crippen LogP contribution < -0.4 is 0 Å². The lowest BCUT2D eigenvalue weighted by molar-refractivity contribution is 0.161. The Labute approximate surface area is 109 Å². The van der Waals surface area contributed by atoms with Crippen molar-refractivity contribution in [1.29, 1.82) is 0 Å². The molecule has 0 aromatic carbocycles. The molecule has 0 aliphatic heterocycles. The fourth-order valence-corrected chi connectivity index (χ4v) is 7.59. The van der Waals surface area contributed by atoms with Gasteiger partial charge in [-0.3, -0.25) is 0 Å². The summed E-state index contributed by atoms with van der Waals surface area (Å²) in [5.41, 5.74) is 0. The molecule has 3 heteroatoms. The van der Waals surface area contributed by atoms with E-state index in [4.69, 9.17) is 8.85 Å². The predicted octanol–water partition coefficient (Wildman–Crippen LogP) is 4.59. The highest BCUT2D eigenvalue weighted by atomic mass is 28.4. The van der Waals surface area contributed by atoms with E-state index in [-0.39, 0.29) is 5.04 Å². The van der Waals surface area contributed by atoms with Crippen molar-refractivity contribution in [3.63, 3.8) is 0 Å². The largest absolute Gasteiger partial charge is 0.397 e. The summed E-state index contributed by atoms with van der Waals surface area (Å²) in [6.45, 7) is 13.8. The Morgan fingerprint density at radius 2 is 1.53 bits per heavy atom. The number of hydrogen-bond acceptors (Lipinski definition) is 2. The molecule has 1 atom stereocenters. The lowest BCUT2D eigenvalue weighted by Gasteiger charge is -2.47. The quantitative estimate of drug-likeness (QED) is 0.594. The van der Waals surface area contributed by atoms with Crippen LogP contribution in [0.1, 0.15) is 54.4 Å². The number of hydrogen-bond donors (Lipinski definition) is 0. The summed E-state index contributed by atoms with van der Waals surface area (Å²) < 4.78 is 11.9. The molecule has 0 fully saturated rings. The first kappa shape index (κ1) is 17.1. The van der Waals surface area contributed by atoms with Gasteiger partial charge in [-0.2, -0.15) is 0 Å². The first-order chi connectivity index (χ1) is 7.82. The standard InChI is InChI=1S/C14H32O2Si/c1-9-11-17(15-7,16-8)14(5,6)13(10-2)12(3)4/h12-13H,9-11H2,1-8H3. The average Bonchev–Trinajstić information content (AvgIpc) is 2.25. The molecule has 0 radical (unpaired) electrons. The molecule has 2 nitrogen and oxygen atoms in total. The summed E-state index contributed by atoms with van der Waals surface area (Å²) in [4.78, 5) is 0. The third-order valence-corrected chi connectivity index (χ3v) is 9.20. The summed E-state index contributed by atoms with van der Waals surface area (Å²) in [5, 5.41) is 0.148. The van der Waals surface area contributed by atoms with Crippen LogP contribution in [-0.2, 0) is 8.85 Å². The van der Waals surface area contributed by atoms with E-state index in [0.717, 1.165) is 12.5 Å². The third kappa shape index (κ3) is 3.33. The van der Waals surface area contributed by atoms with Crippen LogP contribution in [0.4, 0.5) is 0 Å². The van der Waals surface area contributed by atoms with E-state index in [1.165, 1.54) is 6.42 Å². The Hall–Kier alpha value is 0.137. The highest BCUT2D eigenvalue weighted by molar-refractivity contribution is 6.70. The van der Waals surface area contributed by atoms with E-state index in [9.17, 15) is 0 Å². The van der Waals surface area contributed by atoms with Gasteiger partial charge in [0.15, 0.2) is 0 Å². The Kier molecular flexibility index (Phi) is 6.96. The van der Waals surface area contributed by atoms with Crippen LogP contribution in [0.5, 0.6) is 0 Å². The summed E-state index contributed by atoms with van der Waals surface area (Å²) in [5.74, 6) is 1.32. The first-order valence-electron chi connectivity index (χ1n) is 6.93. The van der Waals surface area contributed by atoms with Gasteiger partial charge in [-0.15, -0.1) is 0 Å². The van der Waals surface area contributed by atoms with Gasteiger partial charge in [0, 0.05) is 19.3 Å². The summed E-state index contributed by atoms with van der Waals surface area (Å²) >= 11 is 0. The van der Waals surface area contributed by atoms with Crippen LogP contribution in [0, 0.1) is 11.8 Å². The number of rotatable bonds is 8. The molecule has 0 N–H and O–H groups in total. The smallest absolute Gasteiger partial charge is 0.343 e. The van der Waals surface area contributed by atoms with Crippen molar-refractivity contribution >= 4 is 8.56 Å². The normalized spacial score (nSPS) is 15.4. The van der Waals surface area contributed by atoms with Crippen molar-refractivity contribution < 1.29 is 8.85 Å². The van der Waals surface area contributed by atoms with Crippen molar-refractivity contribution in [1.82, 2.24) is 0 Å². The van der Waals surface area contributed by atoms with Gasteiger partial charge >= 0.3 is 8.56 Å². The molecule has 1 unspecified atom stereocenters. The summed E-state index contributed by atoms with van der Waals surface area (Å²) in [6, 6.07) is 1.08. The first-order valence-corrected chi connectivity index (χ1v) is 8.95. The minimum Gasteiger partial charge on any atom is -0.397 e. The maximum Gasteiger partial charge on any atom is 0.343 e. The van der Waals surface area contributed by atoms with Gasteiger partial charge in [-0.25, -0.2) is 0 Å². The van der Waals surface area contributed by atoms with E-state index in [1.807, 2.05) is 14.2 Å². The van der Waals surface area contributed by atoms with E-state index in [1.54, 1.807) is 0 Å². The molecule has 0 saturated heterocycles. The van der Waals surface area contributed by atoms with Gasteiger partial charge in [-0.05, 0) is 17.9 Å². The van der Waals surface area contributed by atoms with E-state index >= 15 is 0 Å².